The summed E-state index contributed by atoms with van der Waals surface area (Å²) < 4.78 is 5.18. The molecule has 0 aliphatic rings. The molecule has 0 spiro atoms. The van der Waals surface area contributed by atoms with Crippen LogP contribution in [0, 0.1) is 0 Å². The topological polar surface area (TPSA) is 84.3 Å². The molecule has 0 aliphatic heterocycles. The summed E-state index contributed by atoms with van der Waals surface area (Å²) in [6.07, 6.45) is 0. The second-order valence-electron chi connectivity index (χ2n) is 3.70. The Bertz CT molecular complexity index is 570. The van der Waals surface area contributed by atoms with Gasteiger partial charge in [0.1, 0.15) is 0 Å². The van der Waals surface area contributed by atoms with Gasteiger partial charge in [-0.25, -0.2) is 4.79 Å². The summed E-state index contributed by atoms with van der Waals surface area (Å²) in [6.45, 7) is 2.40. The zero-order chi connectivity index (χ0) is 13.7. The Kier molecular flexibility index (Phi) is 3.92. The van der Waals surface area contributed by atoms with E-state index in [1.54, 1.807) is 24.3 Å². The number of carboxylic acid groups (broad SMARTS) is 1. The van der Waals surface area contributed by atoms with Gasteiger partial charge in [0.15, 0.2) is 5.82 Å². The van der Waals surface area contributed by atoms with Crippen LogP contribution in [0.1, 0.15) is 17.3 Å². The highest BCUT2D eigenvalue weighted by Crippen LogP contribution is 2.16. The number of carbonyl (C=O) groups is 1. The van der Waals surface area contributed by atoms with E-state index in [1.807, 2.05) is 6.92 Å². The predicted molar refractivity (Wildman–Crippen MR) is 69.9 cm³/mol. The summed E-state index contributed by atoms with van der Waals surface area (Å²) in [5, 5.41) is 19.7. The number of anilines is 2. The lowest BCUT2D eigenvalue weighted by atomic mass is 10.2. The maximum Gasteiger partial charge on any atom is 0.335 e. The fraction of sp³-hybridized carbons (Fsp3) is 0.154. The third-order valence-corrected chi connectivity index (χ3v) is 2.31. The lowest BCUT2D eigenvalue weighted by molar-refractivity contribution is 0.0697. The third kappa shape index (κ3) is 3.41. The Morgan fingerprint density at radius 3 is 2.79 bits per heavy atom. The number of rotatable bonds is 5. The Hall–Kier alpha value is -2.63. The zero-order valence-electron chi connectivity index (χ0n) is 10.3. The molecule has 6 heteroatoms. The Morgan fingerprint density at radius 1 is 1.32 bits per heavy atom. The van der Waals surface area contributed by atoms with Gasteiger partial charge in [-0.2, -0.15) is 0 Å². The molecule has 0 saturated heterocycles. The number of carboxylic acids is 1. The molecule has 19 heavy (non-hydrogen) atoms. The molecule has 0 atom stereocenters. The molecule has 2 rings (SSSR count). The van der Waals surface area contributed by atoms with Gasteiger partial charge in [-0.1, -0.05) is 6.07 Å². The van der Waals surface area contributed by atoms with Crippen LogP contribution in [0.25, 0.3) is 0 Å². The molecule has 0 aliphatic carbocycles. The molecule has 2 aromatic rings. The van der Waals surface area contributed by atoms with Crippen LogP contribution in [0.3, 0.4) is 0 Å². The van der Waals surface area contributed by atoms with Crippen LogP contribution in [0.4, 0.5) is 11.5 Å². The third-order valence-electron chi connectivity index (χ3n) is 2.31. The first kappa shape index (κ1) is 12.8. The monoisotopic (exact) mass is 259 g/mol. The van der Waals surface area contributed by atoms with Crippen molar-refractivity contribution in [1.82, 2.24) is 10.2 Å². The number of hydrogen-bond acceptors (Lipinski definition) is 5. The van der Waals surface area contributed by atoms with Gasteiger partial charge in [-0.15, -0.1) is 10.2 Å². The van der Waals surface area contributed by atoms with Crippen molar-refractivity contribution in [2.45, 2.75) is 6.92 Å². The molecule has 2 N–H and O–H groups in total. The van der Waals surface area contributed by atoms with E-state index in [-0.39, 0.29) is 5.56 Å². The van der Waals surface area contributed by atoms with E-state index in [2.05, 4.69) is 15.5 Å². The Labute approximate surface area is 110 Å². The van der Waals surface area contributed by atoms with E-state index in [4.69, 9.17) is 9.84 Å². The molecule has 0 amide bonds. The van der Waals surface area contributed by atoms with Crippen molar-refractivity contribution in [3.63, 3.8) is 0 Å². The van der Waals surface area contributed by atoms with Gasteiger partial charge in [0.05, 0.1) is 12.2 Å². The highest BCUT2D eigenvalue weighted by molar-refractivity contribution is 5.89. The first-order valence-corrected chi connectivity index (χ1v) is 5.76. The van der Waals surface area contributed by atoms with Crippen molar-refractivity contribution in [1.29, 1.82) is 0 Å². The van der Waals surface area contributed by atoms with Crippen molar-refractivity contribution in [3.8, 4) is 5.88 Å². The van der Waals surface area contributed by atoms with Crippen molar-refractivity contribution >= 4 is 17.5 Å². The van der Waals surface area contributed by atoms with Gasteiger partial charge >= 0.3 is 5.97 Å². The minimum Gasteiger partial charge on any atom is -0.478 e. The van der Waals surface area contributed by atoms with Crippen LogP contribution < -0.4 is 10.1 Å². The molecule has 1 heterocycles. The SMILES string of the molecule is CCOc1ccc(Nc2cccc(C(=O)O)c2)nn1. The molecule has 0 bridgehead atoms. The van der Waals surface area contributed by atoms with Crippen molar-refractivity contribution in [2.75, 3.05) is 11.9 Å². The summed E-state index contributed by atoms with van der Waals surface area (Å²) >= 11 is 0. The van der Waals surface area contributed by atoms with Crippen LogP contribution in [-0.4, -0.2) is 27.9 Å². The maximum atomic E-state index is 10.8. The Balaban J connectivity index is 2.12. The van der Waals surface area contributed by atoms with Gasteiger partial charge in [-0.3, -0.25) is 0 Å². The molecule has 0 radical (unpaired) electrons. The average Bonchev–Trinajstić information content (AvgIpc) is 2.42. The van der Waals surface area contributed by atoms with Crippen LogP contribution in [0.5, 0.6) is 5.88 Å². The van der Waals surface area contributed by atoms with Crippen LogP contribution in [-0.2, 0) is 0 Å². The van der Waals surface area contributed by atoms with Gasteiger partial charge in [0, 0.05) is 11.8 Å². The summed E-state index contributed by atoms with van der Waals surface area (Å²) in [5.41, 5.74) is 0.849. The number of benzene rings is 1. The summed E-state index contributed by atoms with van der Waals surface area (Å²) in [7, 11) is 0. The van der Waals surface area contributed by atoms with Crippen LogP contribution in [0.2, 0.25) is 0 Å². The molecular formula is C13H13N3O3. The van der Waals surface area contributed by atoms with E-state index in [0.29, 0.717) is 24.0 Å². The maximum absolute atomic E-state index is 10.8. The fourth-order valence-corrected chi connectivity index (χ4v) is 1.49. The Morgan fingerprint density at radius 2 is 2.16 bits per heavy atom. The zero-order valence-corrected chi connectivity index (χ0v) is 10.3. The smallest absolute Gasteiger partial charge is 0.335 e. The first-order chi connectivity index (χ1) is 9.19. The highest BCUT2D eigenvalue weighted by atomic mass is 16.5. The predicted octanol–water partition coefficient (Wildman–Crippen LogP) is 2.32. The minimum atomic E-state index is -0.971. The molecule has 1 aromatic carbocycles. The van der Waals surface area contributed by atoms with E-state index in [0.717, 1.165) is 0 Å². The molecule has 1 aromatic heterocycles. The molecular weight excluding hydrogens is 246 g/mol. The number of aromatic nitrogens is 2. The molecule has 0 unspecified atom stereocenters. The molecule has 98 valence electrons. The van der Waals surface area contributed by atoms with E-state index < -0.39 is 5.97 Å². The number of ether oxygens (including phenoxy) is 1. The van der Waals surface area contributed by atoms with E-state index in [1.165, 1.54) is 12.1 Å². The minimum absolute atomic E-state index is 0.212. The molecule has 0 saturated carbocycles. The molecule has 0 fully saturated rings. The van der Waals surface area contributed by atoms with Crippen LogP contribution in [0.15, 0.2) is 36.4 Å². The summed E-state index contributed by atoms with van der Waals surface area (Å²) in [5.74, 6) is -0.000226. The van der Waals surface area contributed by atoms with E-state index in [9.17, 15) is 4.79 Å². The molecule has 6 nitrogen and oxygen atoms in total. The second kappa shape index (κ2) is 5.81. The quantitative estimate of drug-likeness (QED) is 0.857. The summed E-state index contributed by atoms with van der Waals surface area (Å²) in [4.78, 5) is 10.8. The first-order valence-electron chi connectivity index (χ1n) is 5.76. The number of nitrogens with one attached hydrogen (secondary N) is 1. The van der Waals surface area contributed by atoms with Crippen LogP contribution >= 0.6 is 0 Å². The van der Waals surface area contributed by atoms with Crippen molar-refractivity contribution < 1.29 is 14.6 Å². The number of nitrogens with zero attached hydrogens (tertiary/aromatic N) is 2. The standard InChI is InChI=1S/C13H13N3O3/c1-2-19-12-7-6-11(15-16-12)14-10-5-3-4-9(8-10)13(17)18/h3-8H,2H2,1H3,(H,14,15)(H,17,18). The van der Waals surface area contributed by atoms with Gasteiger partial charge in [-0.05, 0) is 31.2 Å². The highest BCUT2D eigenvalue weighted by Gasteiger charge is 2.04. The summed E-state index contributed by atoms with van der Waals surface area (Å²) in [6, 6.07) is 9.88. The van der Waals surface area contributed by atoms with Gasteiger partial charge in [0.25, 0.3) is 0 Å². The second-order valence-corrected chi connectivity index (χ2v) is 3.70. The van der Waals surface area contributed by atoms with Gasteiger partial charge < -0.3 is 15.2 Å². The van der Waals surface area contributed by atoms with E-state index >= 15 is 0 Å². The fourth-order valence-electron chi connectivity index (χ4n) is 1.49. The number of hydrogen-bond donors (Lipinski definition) is 2. The normalized spacial score (nSPS) is 9.95. The number of aromatic carboxylic acids is 1. The van der Waals surface area contributed by atoms with Crippen molar-refractivity contribution in [2.24, 2.45) is 0 Å². The average molecular weight is 259 g/mol. The lowest BCUT2D eigenvalue weighted by Crippen LogP contribution is -2.01. The van der Waals surface area contributed by atoms with Crippen molar-refractivity contribution in [3.05, 3.63) is 42.0 Å². The largest absolute Gasteiger partial charge is 0.478 e. The lowest BCUT2D eigenvalue weighted by Gasteiger charge is -2.06. The van der Waals surface area contributed by atoms with Gasteiger partial charge in [0.2, 0.25) is 5.88 Å².